The summed E-state index contributed by atoms with van der Waals surface area (Å²) in [5, 5.41) is 3.64. The van der Waals surface area contributed by atoms with E-state index in [-0.39, 0.29) is 24.1 Å². The van der Waals surface area contributed by atoms with Crippen LogP contribution < -0.4 is 15.8 Å². The van der Waals surface area contributed by atoms with Crippen molar-refractivity contribution < 1.29 is 13.9 Å². The number of fused-ring (bicyclic) bond motifs is 1. The Morgan fingerprint density at radius 2 is 2.00 bits per heavy atom. The molecule has 0 bridgehead atoms. The number of ether oxygens (including phenoxy) is 1. The van der Waals surface area contributed by atoms with Gasteiger partial charge in [0, 0.05) is 48.4 Å². The summed E-state index contributed by atoms with van der Waals surface area (Å²) in [6.45, 7) is 4.06. The highest BCUT2D eigenvalue weighted by atomic mass is 35.5. The molecular weight excluding hydrogens is 530 g/mol. The van der Waals surface area contributed by atoms with E-state index in [2.05, 4.69) is 15.3 Å². The van der Waals surface area contributed by atoms with Crippen molar-refractivity contribution in [2.75, 3.05) is 32.1 Å². The highest BCUT2D eigenvalue weighted by Gasteiger charge is 2.24. The molecule has 1 aliphatic heterocycles. The molecule has 8 nitrogen and oxygen atoms in total. The molecule has 3 N–H and O–H groups in total. The predicted octanol–water partition coefficient (Wildman–Crippen LogP) is 5.48. The molecule has 0 saturated carbocycles. The first-order chi connectivity index (χ1) is 17.9. The zero-order chi connectivity index (χ0) is 26.1. The van der Waals surface area contributed by atoms with Gasteiger partial charge in [-0.3, -0.25) is 9.20 Å². The minimum absolute atomic E-state index is 0. The number of hydrogen-bond acceptors (Lipinski definition) is 6. The smallest absolute Gasteiger partial charge is 0.254 e. The van der Waals surface area contributed by atoms with Crippen LogP contribution in [0, 0.1) is 18.7 Å². The number of benzene rings is 2. The van der Waals surface area contributed by atoms with Gasteiger partial charge >= 0.3 is 0 Å². The lowest BCUT2D eigenvalue weighted by Crippen LogP contribution is -2.40. The maximum Gasteiger partial charge on any atom is 0.254 e. The van der Waals surface area contributed by atoms with Crippen LogP contribution in [0.25, 0.3) is 16.9 Å². The van der Waals surface area contributed by atoms with Crippen LogP contribution in [0.5, 0.6) is 5.75 Å². The van der Waals surface area contributed by atoms with E-state index in [1.165, 1.54) is 19.2 Å². The Morgan fingerprint density at radius 1 is 1.24 bits per heavy atom. The molecule has 2 aromatic carbocycles. The molecule has 1 saturated heterocycles. The molecule has 200 valence electrons. The van der Waals surface area contributed by atoms with E-state index in [9.17, 15) is 9.18 Å². The molecule has 0 radical (unpaired) electrons. The number of nitrogens with two attached hydrogens (primary N) is 1. The number of imidazole rings is 1. The van der Waals surface area contributed by atoms with Crippen molar-refractivity contribution in [3.05, 3.63) is 70.9 Å². The number of rotatable bonds is 6. The fraction of sp³-hybridized carbons (Fsp3) is 0.296. The Morgan fingerprint density at radius 3 is 2.68 bits per heavy atom. The van der Waals surface area contributed by atoms with Crippen molar-refractivity contribution in [1.82, 2.24) is 19.3 Å². The van der Waals surface area contributed by atoms with Crippen molar-refractivity contribution in [3.8, 4) is 17.0 Å². The van der Waals surface area contributed by atoms with Gasteiger partial charge < -0.3 is 20.7 Å². The number of anilines is 2. The number of nitrogens with zero attached hydrogens (tertiary/aromatic N) is 4. The van der Waals surface area contributed by atoms with E-state index in [0.717, 1.165) is 37.2 Å². The van der Waals surface area contributed by atoms with Gasteiger partial charge in [0.1, 0.15) is 0 Å². The minimum atomic E-state index is -0.516. The largest absolute Gasteiger partial charge is 0.494 e. The van der Waals surface area contributed by atoms with Crippen molar-refractivity contribution >= 4 is 47.1 Å². The molecule has 1 aliphatic rings. The third-order valence-electron chi connectivity index (χ3n) is 6.90. The number of aromatic nitrogens is 3. The maximum absolute atomic E-state index is 14.4. The van der Waals surface area contributed by atoms with Crippen LogP contribution in [-0.4, -0.2) is 51.9 Å². The number of halogens is 3. The first kappa shape index (κ1) is 27.6. The third kappa shape index (κ3) is 5.27. The van der Waals surface area contributed by atoms with Crippen LogP contribution >= 0.6 is 24.0 Å². The van der Waals surface area contributed by atoms with Crippen LogP contribution in [-0.2, 0) is 0 Å². The van der Waals surface area contributed by atoms with E-state index >= 15 is 0 Å². The SMILES string of the molecule is COc1cc(Cl)c(-c2cnc3c(Nc4ccc(C(=O)N5CCC(CN)CC5)c(C)c4)nccn23)cc1F.Cl. The zero-order valence-corrected chi connectivity index (χ0v) is 22.7. The Labute approximate surface area is 231 Å². The van der Waals surface area contributed by atoms with Gasteiger partial charge in [-0.2, -0.15) is 0 Å². The summed E-state index contributed by atoms with van der Waals surface area (Å²) in [5.74, 6) is 0.611. The average Bonchev–Trinajstić information content (AvgIpc) is 3.34. The third-order valence-corrected chi connectivity index (χ3v) is 7.21. The van der Waals surface area contributed by atoms with Gasteiger partial charge in [-0.25, -0.2) is 14.4 Å². The van der Waals surface area contributed by atoms with Crippen LogP contribution in [0.4, 0.5) is 15.9 Å². The molecule has 0 spiro atoms. The van der Waals surface area contributed by atoms with Gasteiger partial charge in [-0.1, -0.05) is 11.6 Å². The van der Waals surface area contributed by atoms with Gasteiger partial charge in [0.2, 0.25) is 0 Å². The number of hydrogen-bond donors (Lipinski definition) is 2. The van der Waals surface area contributed by atoms with Crippen molar-refractivity contribution in [2.45, 2.75) is 19.8 Å². The molecule has 1 fully saturated rings. The average molecular weight is 559 g/mol. The second-order valence-electron chi connectivity index (χ2n) is 9.21. The number of amides is 1. The van der Waals surface area contributed by atoms with Crippen LogP contribution in [0.1, 0.15) is 28.8 Å². The zero-order valence-electron chi connectivity index (χ0n) is 21.1. The van der Waals surface area contributed by atoms with Gasteiger partial charge in [0.15, 0.2) is 23.0 Å². The second-order valence-corrected chi connectivity index (χ2v) is 9.61. The molecule has 38 heavy (non-hydrogen) atoms. The highest BCUT2D eigenvalue weighted by Crippen LogP contribution is 2.34. The summed E-state index contributed by atoms with van der Waals surface area (Å²) in [6.07, 6.45) is 6.87. The molecule has 3 heterocycles. The standard InChI is InChI=1S/C27H28ClFN6O2.ClH/c1-16-11-18(3-4-19(16)27(36)34-8-5-17(14-30)6-9-34)33-25-26-32-15-23(35(26)10-7-31-25)20-12-22(29)24(37-2)13-21(20)28;/h3-4,7,10-13,15,17H,5-6,8-9,14,30H2,1-2H3,(H,31,33);1H. The van der Waals surface area contributed by atoms with E-state index in [4.69, 9.17) is 22.1 Å². The lowest BCUT2D eigenvalue weighted by molar-refractivity contribution is 0.0692. The number of likely N-dealkylation sites (tertiary alicyclic amines) is 1. The van der Waals surface area contributed by atoms with Gasteiger partial charge in [-0.15, -0.1) is 12.4 Å². The topological polar surface area (TPSA) is 97.8 Å². The Bertz CT molecular complexity index is 1470. The molecule has 2 aromatic heterocycles. The first-order valence-corrected chi connectivity index (χ1v) is 12.5. The number of nitrogens with one attached hydrogen (secondary N) is 1. The summed E-state index contributed by atoms with van der Waals surface area (Å²) >= 11 is 6.41. The van der Waals surface area contributed by atoms with Crippen LogP contribution in [0.2, 0.25) is 5.02 Å². The maximum atomic E-state index is 14.4. The Balaban J connectivity index is 0.00000336. The molecule has 1 amide bonds. The summed E-state index contributed by atoms with van der Waals surface area (Å²) < 4.78 is 21.2. The number of carbonyl (C=O) groups is 1. The van der Waals surface area contributed by atoms with Gasteiger partial charge in [-0.05, 0) is 62.1 Å². The number of carbonyl (C=O) groups excluding carboxylic acids is 1. The number of methoxy groups -OCH3 is 1. The number of aryl methyl sites for hydroxylation is 1. The lowest BCUT2D eigenvalue weighted by Gasteiger charge is -2.31. The molecule has 0 atom stereocenters. The summed E-state index contributed by atoms with van der Waals surface area (Å²) in [5.41, 5.74) is 9.75. The number of piperidine rings is 1. The molecule has 5 rings (SSSR count). The molecule has 0 aliphatic carbocycles. The van der Waals surface area contributed by atoms with E-state index < -0.39 is 5.82 Å². The van der Waals surface area contributed by atoms with Crippen LogP contribution in [0.3, 0.4) is 0 Å². The van der Waals surface area contributed by atoms with Crippen molar-refractivity contribution in [1.29, 1.82) is 0 Å². The molecule has 4 aromatic rings. The normalized spacial score (nSPS) is 13.9. The van der Waals surface area contributed by atoms with Gasteiger partial charge in [0.25, 0.3) is 5.91 Å². The summed E-state index contributed by atoms with van der Waals surface area (Å²) in [4.78, 5) is 23.9. The molecule has 0 unspecified atom stereocenters. The van der Waals surface area contributed by atoms with Crippen LogP contribution in [0.15, 0.2) is 48.9 Å². The summed E-state index contributed by atoms with van der Waals surface area (Å²) in [7, 11) is 1.39. The van der Waals surface area contributed by atoms with E-state index in [0.29, 0.717) is 45.8 Å². The van der Waals surface area contributed by atoms with Gasteiger partial charge in [0.05, 0.1) is 24.0 Å². The Hall–Kier alpha value is -3.40. The molecule has 11 heteroatoms. The minimum Gasteiger partial charge on any atom is -0.494 e. The van der Waals surface area contributed by atoms with Crippen molar-refractivity contribution in [3.63, 3.8) is 0 Å². The first-order valence-electron chi connectivity index (χ1n) is 12.1. The second kappa shape index (κ2) is 11.6. The lowest BCUT2D eigenvalue weighted by atomic mass is 9.96. The van der Waals surface area contributed by atoms with Crippen molar-refractivity contribution in [2.24, 2.45) is 11.7 Å². The molecular formula is C27H29Cl2FN6O2. The monoisotopic (exact) mass is 558 g/mol. The quantitative estimate of drug-likeness (QED) is 0.325. The van der Waals surface area contributed by atoms with E-state index in [1.807, 2.05) is 30.0 Å². The Kier molecular flexibility index (Phi) is 8.40. The predicted molar refractivity (Wildman–Crippen MR) is 149 cm³/mol. The fourth-order valence-corrected chi connectivity index (χ4v) is 5.00. The summed E-state index contributed by atoms with van der Waals surface area (Å²) in [6, 6.07) is 8.39. The fourth-order valence-electron chi connectivity index (χ4n) is 4.75. The highest BCUT2D eigenvalue weighted by molar-refractivity contribution is 6.33. The van der Waals surface area contributed by atoms with E-state index in [1.54, 1.807) is 23.0 Å².